The summed E-state index contributed by atoms with van der Waals surface area (Å²) in [6, 6.07) is 14.6. The number of carbonyl (C=O) groups is 1. The Balaban J connectivity index is 1.25. The standard InChI is InChI=1S/C29H30FN5O2/c30-21-13-11-20(12-14-21)27-26-28(35-17-4-1-5-18-35)32-24(33-29(26)37-34-27)15-16-25(36)31-23-10-6-8-19-7-2-3-9-22(19)23/h2-3,7,9,11-14,23H,1,4-6,8,10,15-18H2,(H,31,36). The van der Waals surface area contributed by atoms with Crippen molar-refractivity contribution in [1.82, 2.24) is 20.4 Å². The van der Waals surface area contributed by atoms with Crippen LogP contribution in [0.25, 0.3) is 22.4 Å². The molecule has 1 fully saturated rings. The molecule has 0 spiro atoms. The third kappa shape index (κ3) is 4.92. The van der Waals surface area contributed by atoms with Crippen molar-refractivity contribution in [3.8, 4) is 11.3 Å². The van der Waals surface area contributed by atoms with E-state index in [0.717, 1.165) is 62.0 Å². The number of aromatic nitrogens is 3. The summed E-state index contributed by atoms with van der Waals surface area (Å²) in [5, 5.41) is 8.24. The monoisotopic (exact) mass is 499 g/mol. The summed E-state index contributed by atoms with van der Waals surface area (Å²) in [7, 11) is 0. The zero-order valence-electron chi connectivity index (χ0n) is 20.8. The van der Waals surface area contributed by atoms with Crippen LogP contribution in [0.2, 0.25) is 0 Å². The number of amides is 1. The van der Waals surface area contributed by atoms with E-state index >= 15 is 0 Å². The second-order valence-electron chi connectivity index (χ2n) is 9.94. The molecule has 3 heterocycles. The summed E-state index contributed by atoms with van der Waals surface area (Å²) in [4.78, 5) is 24.7. The van der Waals surface area contributed by atoms with Crippen molar-refractivity contribution in [2.45, 2.75) is 57.4 Å². The maximum atomic E-state index is 13.5. The molecule has 0 radical (unpaired) electrons. The highest BCUT2D eigenvalue weighted by Gasteiger charge is 2.25. The lowest BCUT2D eigenvalue weighted by atomic mass is 9.87. The fourth-order valence-corrected chi connectivity index (χ4v) is 5.53. The van der Waals surface area contributed by atoms with Crippen LogP contribution in [0.1, 0.15) is 61.5 Å². The molecule has 0 bridgehead atoms. The zero-order chi connectivity index (χ0) is 25.2. The van der Waals surface area contributed by atoms with E-state index < -0.39 is 0 Å². The average molecular weight is 500 g/mol. The molecule has 2 aromatic carbocycles. The highest BCUT2D eigenvalue weighted by atomic mass is 19.1. The van der Waals surface area contributed by atoms with Crippen LogP contribution in [0.15, 0.2) is 53.1 Å². The molecule has 1 aliphatic carbocycles. The maximum absolute atomic E-state index is 13.5. The summed E-state index contributed by atoms with van der Waals surface area (Å²) >= 11 is 0. The fourth-order valence-electron chi connectivity index (χ4n) is 5.53. The third-order valence-electron chi connectivity index (χ3n) is 7.42. The Labute approximate surface area is 215 Å². The lowest BCUT2D eigenvalue weighted by Gasteiger charge is -2.28. The van der Waals surface area contributed by atoms with E-state index in [4.69, 9.17) is 9.51 Å². The van der Waals surface area contributed by atoms with Gasteiger partial charge in [-0.2, -0.15) is 4.98 Å². The molecule has 190 valence electrons. The SMILES string of the molecule is O=C(CCc1nc(N2CCCCC2)c2c(-c3ccc(F)cc3)noc2n1)NC1CCCc2ccccc21. The number of aryl methyl sites for hydroxylation is 2. The van der Waals surface area contributed by atoms with Crippen LogP contribution in [0.3, 0.4) is 0 Å². The molecule has 1 atom stereocenters. The van der Waals surface area contributed by atoms with Crippen molar-refractivity contribution in [2.75, 3.05) is 18.0 Å². The first-order valence-electron chi connectivity index (χ1n) is 13.2. The first-order chi connectivity index (χ1) is 18.2. The minimum absolute atomic E-state index is 0.00510. The second-order valence-corrected chi connectivity index (χ2v) is 9.94. The van der Waals surface area contributed by atoms with Gasteiger partial charge in [-0.3, -0.25) is 4.79 Å². The van der Waals surface area contributed by atoms with E-state index in [1.165, 1.54) is 29.7 Å². The Morgan fingerprint density at radius 2 is 1.84 bits per heavy atom. The lowest BCUT2D eigenvalue weighted by Crippen LogP contribution is -2.31. The number of nitrogens with one attached hydrogen (secondary N) is 1. The Hall–Kier alpha value is -3.81. The molecule has 7 nitrogen and oxygen atoms in total. The highest BCUT2D eigenvalue weighted by molar-refractivity contribution is 5.98. The van der Waals surface area contributed by atoms with Crippen LogP contribution < -0.4 is 10.2 Å². The van der Waals surface area contributed by atoms with Gasteiger partial charge in [-0.1, -0.05) is 29.4 Å². The quantitative estimate of drug-likeness (QED) is 0.375. The van der Waals surface area contributed by atoms with Crippen molar-refractivity contribution in [1.29, 1.82) is 0 Å². The largest absolute Gasteiger partial charge is 0.356 e. The number of rotatable bonds is 6. The summed E-state index contributed by atoms with van der Waals surface area (Å²) < 4.78 is 19.2. The molecular weight excluding hydrogens is 469 g/mol. The zero-order valence-corrected chi connectivity index (χ0v) is 20.8. The number of carbonyl (C=O) groups excluding carboxylic acids is 1. The Bertz CT molecular complexity index is 1410. The molecular formula is C29H30FN5O2. The molecule has 1 saturated heterocycles. The molecule has 37 heavy (non-hydrogen) atoms. The van der Waals surface area contributed by atoms with E-state index in [2.05, 4.69) is 38.6 Å². The van der Waals surface area contributed by atoms with Gasteiger partial charge in [0.2, 0.25) is 5.91 Å². The van der Waals surface area contributed by atoms with Crippen molar-refractivity contribution >= 4 is 22.8 Å². The van der Waals surface area contributed by atoms with Gasteiger partial charge >= 0.3 is 0 Å². The number of fused-ring (bicyclic) bond motifs is 2. The van der Waals surface area contributed by atoms with Gasteiger partial charge in [-0.15, -0.1) is 0 Å². The fraction of sp³-hybridized carbons (Fsp3) is 0.379. The smallest absolute Gasteiger partial charge is 0.263 e. The van der Waals surface area contributed by atoms with Gasteiger partial charge in [0.05, 0.1) is 6.04 Å². The normalized spacial score (nSPS) is 17.5. The van der Waals surface area contributed by atoms with E-state index in [0.29, 0.717) is 30.1 Å². The first-order valence-corrected chi connectivity index (χ1v) is 13.2. The minimum Gasteiger partial charge on any atom is -0.356 e. The number of halogens is 1. The number of benzene rings is 2. The van der Waals surface area contributed by atoms with Crippen LogP contribution in [-0.4, -0.2) is 34.1 Å². The molecule has 6 rings (SSSR count). The van der Waals surface area contributed by atoms with Gasteiger partial charge in [0.15, 0.2) is 0 Å². The van der Waals surface area contributed by atoms with Gasteiger partial charge in [-0.25, -0.2) is 9.37 Å². The van der Waals surface area contributed by atoms with Crippen LogP contribution in [-0.2, 0) is 17.6 Å². The molecule has 2 aromatic heterocycles. The summed E-state index contributed by atoms with van der Waals surface area (Å²) in [6.07, 6.45) is 7.15. The van der Waals surface area contributed by atoms with Crippen LogP contribution in [0.5, 0.6) is 0 Å². The topological polar surface area (TPSA) is 84.2 Å². The van der Waals surface area contributed by atoms with Crippen LogP contribution in [0.4, 0.5) is 10.2 Å². The number of anilines is 1. The van der Waals surface area contributed by atoms with E-state index in [1.807, 2.05) is 6.07 Å². The number of hydrogen-bond acceptors (Lipinski definition) is 6. The minimum atomic E-state index is -0.304. The molecule has 1 amide bonds. The van der Waals surface area contributed by atoms with E-state index in [9.17, 15) is 9.18 Å². The molecule has 1 N–H and O–H groups in total. The Morgan fingerprint density at radius 1 is 1.03 bits per heavy atom. The number of nitrogens with zero attached hydrogens (tertiary/aromatic N) is 4. The first kappa shape index (κ1) is 23.6. The third-order valence-corrected chi connectivity index (χ3v) is 7.42. The van der Waals surface area contributed by atoms with Crippen molar-refractivity contribution in [3.05, 3.63) is 71.3 Å². The van der Waals surface area contributed by atoms with Crippen molar-refractivity contribution < 1.29 is 13.7 Å². The number of piperidine rings is 1. The molecule has 8 heteroatoms. The van der Waals surface area contributed by atoms with Crippen molar-refractivity contribution in [3.63, 3.8) is 0 Å². The Kier molecular flexibility index (Phi) is 6.55. The second kappa shape index (κ2) is 10.3. The molecule has 1 aliphatic heterocycles. The van der Waals surface area contributed by atoms with Gasteiger partial charge in [0.25, 0.3) is 5.71 Å². The summed E-state index contributed by atoms with van der Waals surface area (Å²) in [5.74, 6) is 1.03. The molecule has 2 aliphatic rings. The maximum Gasteiger partial charge on any atom is 0.263 e. The van der Waals surface area contributed by atoms with Crippen molar-refractivity contribution in [2.24, 2.45) is 0 Å². The van der Waals surface area contributed by atoms with Gasteiger partial charge < -0.3 is 14.7 Å². The van der Waals surface area contributed by atoms with Gasteiger partial charge in [-0.05, 0) is 73.9 Å². The predicted molar refractivity (Wildman–Crippen MR) is 140 cm³/mol. The predicted octanol–water partition coefficient (Wildman–Crippen LogP) is 5.54. The lowest BCUT2D eigenvalue weighted by molar-refractivity contribution is -0.121. The van der Waals surface area contributed by atoms with Gasteiger partial charge in [0, 0.05) is 31.5 Å². The highest BCUT2D eigenvalue weighted by Crippen LogP contribution is 2.35. The number of hydrogen-bond donors (Lipinski definition) is 1. The summed E-state index contributed by atoms with van der Waals surface area (Å²) in [6.45, 7) is 1.78. The molecule has 0 saturated carbocycles. The van der Waals surface area contributed by atoms with Gasteiger partial charge in [0.1, 0.15) is 28.5 Å². The summed E-state index contributed by atoms with van der Waals surface area (Å²) in [5.41, 5.74) is 4.30. The van der Waals surface area contributed by atoms with Crippen LogP contribution in [0, 0.1) is 5.82 Å². The average Bonchev–Trinajstić information content (AvgIpc) is 3.37. The van der Waals surface area contributed by atoms with E-state index in [-0.39, 0.29) is 17.8 Å². The Morgan fingerprint density at radius 3 is 2.68 bits per heavy atom. The van der Waals surface area contributed by atoms with E-state index in [1.54, 1.807) is 12.1 Å². The molecule has 1 unspecified atom stereocenters. The molecule has 4 aromatic rings. The van der Waals surface area contributed by atoms with Crippen LogP contribution >= 0.6 is 0 Å².